The minimum absolute atomic E-state index is 0. The molecule has 0 spiro atoms. The average Bonchev–Trinajstić information content (AvgIpc) is 3.54. The van der Waals surface area contributed by atoms with Crippen molar-refractivity contribution in [2.24, 2.45) is 5.92 Å². The third-order valence-corrected chi connectivity index (χ3v) is 7.48. The Morgan fingerprint density at radius 2 is 1.88 bits per heavy atom. The van der Waals surface area contributed by atoms with E-state index in [0.29, 0.717) is 31.1 Å². The second-order valence-electron chi connectivity index (χ2n) is 10.1. The van der Waals surface area contributed by atoms with Crippen LogP contribution in [0.1, 0.15) is 72.3 Å². The van der Waals surface area contributed by atoms with Gasteiger partial charge in [-0.05, 0) is 88.0 Å². The number of Topliss-reactive ketones (excluding diaryl/α,β-unsaturated/α-hetero) is 1. The van der Waals surface area contributed by atoms with Gasteiger partial charge in [-0.15, -0.1) is 13.1 Å². The maximum atomic E-state index is 13.3. The summed E-state index contributed by atoms with van der Waals surface area (Å²) in [7, 11) is 0. The van der Waals surface area contributed by atoms with Crippen molar-refractivity contribution >= 4 is 18.0 Å². The zero-order valence-corrected chi connectivity index (χ0v) is 23.8. The number of halogens is 1. The van der Waals surface area contributed by atoms with Gasteiger partial charge in [0.2, 0.25) is 0 Å². The minimum atomic E-state index is -0.486. The van der Waals surface area contributed by atoms with Crippen LogP contribution in [0.25, 0.3) is 0 Å². The zero-order chi connectivity index (χ0) is 28.4. The SMILES string of the molecule is O=[C-]CO.[CH2-]CN(C[CH2-])C(=O)c1nn(CC(=O)CCC2CCC(Oc3ccc(F)cc3C)CC2)c2c1CCC2.[Li+]. The van der Waals surface area contributed by atoms with E-state index in [4.69, 9.17) is 14.6 Å². The Morgan fingerprint density at radius 3 is 2.48 bits per heavy atom. The Hall–Kier alpha value is -2.47. The Balaban J connectivity index is 0.00000105. The summed E-state index contributed by atoms with van der Waals surface area (Å²) >= 11 is 0. The number of nitrogens with zero attached hydrogens (tertiary/aromatic N) is 3. The van der Waals surface area contributed by atoms with Crippen LogP contribution < -0.4 is 23.6 Å². The minimum Gasteiger partial charge on any atom is -0.540 e. The van der Waals surface area contributed by atoms with E-state index in [1.54, 1.807) is 15.6 Å². The number of fused-ring (bicyclic) bond motifs is 1. The van der Waals surface area contributed by atoms with Crippen molar-refractivity contribution in [3.63, 3.8) is 0 Å². The number of carbonyl (C=O) groups excluding carboxylic acids is 3. The summed E-state index contributed by atoms with van der Waals surface area (Å²) in [5.74, 6) is 1.03. The number of amides is 1. The van der Waals surface area contributed by atoms with Crippen LogP contribution in [0.2, 0.25) is 0 Å². The van der Waals surface area contributed by atoms with Crippen LogP contribution in [0, 0.1) is 32.5 Å². The number of hydrogen-bond acceptors (Lipinski definition) is 6. The predicted octanol–water partition coefficient (Wildman–Crippen LogP) is 1.01. The van der Waals surface area contributed by atoms with Gasteiger partial charge in [-0.3, -0.25) is 14.3 Å². The monoisotopic (exact) mass is 547 g/mol. The molecule has 0 bridgehead atoms. The third-order valence-electron chi connectivity index (χ3n) is 7.48. The Bertz CT molecular complexity index is 1130. The zero-order valence-electron chi connectivity index (χ0n) is 23.8. The summed E-state index contributed by atoms with van der Waals surface area (Å²) in [6, 6.07) is 4.64. The van der Waals surface area contributed by atoms with Gasteiger partial charge < -0.3 is 33.4 Å². The topological polar surface area (TPSA) is 102 Å². The number of aryl methyl sites for hydroxylation is 1. The number of aliphatic hydroxyl groups excluding tert-OH is 1. The van der Waals surface area contributed by atoms with Crippen LogP contribution in [0.3, 0.4) is 0 Å². The first-order valence-electron chi connectivity index (χ1n) is 13.7. The van der Waals surface area contributed by atoms with Crippen molar-refractivity contribution in [1.82, 2.24) is 14.7 Å². The standard InChI is InChI=1S/C28H36FN3O3.C2H3O2.Li/c1-4-31(5-2)28(34)27-24-7-6-8-25(24)32(30-27)18-22(33)13-9-20-10-14-23(15-11-20)35-26-16-12-21(29)17-19(26)3;3-1-2-4;/h12,16-17,20,23H,1-2,4-11,13-15,18H2,3H3;3H,1H2;/q-2;-1;+1. The molecule has 10 heteroatoms. The molecule has 2 aliphatic carbocycles. The number of rotatable bonds is 11. The number of aromatic nitrogens is 2. The van der Waals surface area contributed by atoms with E-state index in [-0.39, 0.29) is 49.0 Å². The fourth-order valence-electron chi connectivity index (χ4n) is 5.35. The number of ether oxygens (including phenoxy) is 1. The first-order chi connectivity index (χ1) is 18.8. The molecule has 1 fully saturated rings. The van der Waals surface area contributed by atoms with Gasteiger partial charge in [0.1, 0.15) is 11.6 Å². The van der Waals surface area contributed by atoms with Crippen LogP contribution >= 0.6 is 0 Å². The van der Waals surface area contributed by atoms with Gasteiger partial charge in [0.15, 0.2) is 11.5 Å². The van der Waals surface area contributed by atoms with Gasteiger partial charge in [0, 0.05) is 17.7 Å². The van der Waals surface area contributed by atoms with Gasteiger partial charge in [-0.1, -0.05) is 6.61 Å². The number of benzene rings is 1. The van der Waals surface area contributed by atoms with Crippen molar-refractivity contribution < 1.29 is 47.5 Å². The third kappa shape index (κ3) is 9.02. The van der Waals surface area contributed by atoms with Crippen molar-refractivity contribution in [2.45, 2.75) is 77.4 Å². The first kappa shape index (κ1) is 33.7. The molecule has 40 heavy (non-hydrogen) atoms. The molecule has 1 N–H and O–H groups in total. The fraction of sp³-hybridized carbons (Fsp3) is 0.533. The summed E-state index contributed by atoms with van der Waals surface area (Å²) in [6.45, 7) is 9.92. The quantitative estimate of drug-likeness (QED) is 0.333. The number of hydrogen-bond donors (Lipinski definition) is 1. The second kappa shape index (κ2) is 16.7. The number of aliphatic hydroxyl groups is 1. The fourth-order valence-corrected chi connectivity index (χ4v) is 5.35. The molecule has 1 saturated carbocycles. The van der Waals surface area contributed by atoms with Crippen molar-refractivity contribution in [3.8, 4) is 5.75 Å². The number of carbonyl (C=O) groups is 2. The Kier molecular flexibility index (Phi) is 14.1. The molecule has 2 aromatic rings. The molecule has 1 amide bonds. The average molecular weight is 548 g/mol. The predicted molar refractivity (Wildman–Crippen MR) is 145 cm³/mol. The molecule has 0 unspecified atom stereocenters. The molecule has 1 aromatic carbocycles. The van der Waals surface area contributed by atoms with E-state index in [0.717, 1.165) is 73.9 Å². The molecule has 2 aliphatic rings. The van der Waals surface area contributed by atoms with Crippen molar-refractivity contribution in [2.75, 3.05) is 19.7 Å². The molecule has 8 nitrogen and oxygen atoms in total. The van der Waals surface area contributed by atoms with E-state index >= 15 is 0 Å². The van der Waals surface area contributed by atoms with E-state index in [2.05, 4.69) is 18.9 Å². The van der Waals surface area contributed by atoms with Crippen LogP contribution in [0.4, 0.5) is 4.39 Å². The van der Waals surface area contributed by atoms with E-state index in [9.17, 15) is 14.0 Å². The maximum Gasteiger partial charge on any atom is 1.00 e. The summed E-state index contributed by atoms with van der Waals surface area (Å²) in [6.07, 6.45) is 9.39. The van der Waals surface area contributed by atoms with Gasteiger partial charge in [-0.25, -0.2) is 10.7 Å². The molecule has 0 radical (unpaired) electrons. The normalized spacial score (nSPS) is 17.6. The molecule has 0 aliphatic heterocycles. The molecule has 0 saturated heterocycles. The maximum absolute atomic E-state index is 13.3. The molecule has 1 heterocycles. The van der Waals surface area contributed by atoms with Crippen molar-refractivity contribution in [3.05, 3.63) is 60.4 Å². The first-order valence-corrected chi connectivity index (χ1v) is 13.7. The van der Waals surface area contributed by atoms with Crippen LogP contribution in [-0.2, 0) is 29.0 Å². The molecular weight excluding hydrogens is 508 g/mol. The van der Waals surface area contributed by atoms with Gasteiger partial charge >= 0.3 is 18.9 Å². The largest absolute Gasteiger partial charge is 1.00 e. The van der Waals surface area contributed by atoms with E-state index in [1.807, 2.05) is 6.92 Å². The number of ketones is 1. The summed E-state index contributed by atoms with van der Waals surface area (Å²) in [4.78, 5) is 36.0. The van der Waals surface area contributed by atoms with E-state index in [1.165, 1.54) is 18.4 Å². The summed E-state index contributed by atoms with van der Waals surface area (Å²) in [5.41, 5.74) is 3.30. The Labute approximate surface area is 248 Å². The van der Waals surface area contributed by atoms with Crippen LogP contribution in [0.5, 0.6) is 5.75 Å². The smallest absolute Gasteiger partial charge is 0.540 e. The van der Waals surface area contributed by atoms with Crippen LogP contribution in [-0.4, -0.2) is 63.6 Å². The second-order valence-corrected chi connectivity index (χ2v) is 10.1. The molecule has 4 rings (SSSR count). The van der Waals surface area contributed by atoms with Crippen LogP contribution in [0.15, 0.2) is 18.2 Å². The van der Waals surface area contributed by atoms with Gasteiger partial charge in [-0.2, -0.15) is 5.10 Å². The molecule has 1 aromatic heterocycles. The molecule has 214 valence electrons. The molecular formula is C30H39FLiN3O5-2. The van der Waals surface area contributed by atoms with Crippen molar-refractivity contribution in [1.29, 1.82) is 0 Å². The Morgan fingerprint density at radius 1 is 1.20 bits per heavy atom. The molecule has 0 atom stereocenters. The summed E-state index contributed by atoms with van der Waals surface area (Å²) < 4.78 is 21.2. The van der Waals surface area contributed by atoms with Gasteiger partial charge in [0.25, 0.3) is 5.91 Å². The summed E-state index contributed by atoms with van der Waals surface area (Å²) in [5, 5.41) is 12.0. The van der Waals surface area contributed by atoms with Gasteiger partial charge in [0.05, 0.1) is 12.6 Å². The van der Waals surface area contributed by atoms with E-state index < -0.39 is 6.61 Å².